The van der Waals surface area contributed by atoms with E-state index >= 15 is 0 Å². The standard InChI is InChI=1S/C10H13N3O3S/c14-9(8-5-11-17-13-8)12-7-4-2-1-3-6(7)10(15)16/h5-7H,1-4H2,(H,12,14)(H,15,16). The van der Waals surface area contributed by atoms with Crippen LogP contribution < -0.4 is 5.32 Å². The van der Waals surface area contributed by atoms with Gasteiger partial charge in [0.15, 0.2) is 5.69 Å². The van der Waals surface area contributed by atoms with E-state index < -0.39 is 11.9 Å². The predicted octanol–water partition coefficient (Wildman–Crippen LogP) is 0.911. The lowest BCUT2D eigenvalue weighted by molar-refractivity contribution is -0.143. The monoisotopic (exact) mass is 255 g/mol. The van der Waals surface area contributed by atoms with Crippen molar-refractivity contribution in [2.45, 2.75) is 31.7 Å². The molecule has 0 bridgehead atoms. The number of hydrogen-bond donors (Lipinski definition) is 2. The van der Waals surface area contributed by atoms with E-state index in [1.165, 1.54) is 6.20 Å². The number of carboxylic acid groups (broad SMARTS) is 1. The Morgan fingerprint density at radius 3 is 2.82 bits per heavy atom. The first kappa shape index (κ1) is 12.0. The van der Waals surface area contributed by atoms with Crippen LogP contribution in [0, 0.1) is 5.92 Å². The van der Waals surface area contributed by atoms with Crippen molar-refractivity contribution in [2.75, 3.05) is 0 Å². The molecule has 2 N–H and O–H groups in total. The Bertz CT molecular complexity index is 407. The van der Waals surface area contributed by atoms with Crippen molar-refractivity contribution >= 4 is 23.6 Å². The number of aliphatic carboxylic acids is 1. The number of nitrogens with one attached hydrogen (secondary N) is 1. The second-order valence-corrected chi connectivity index (χ2v) is 4.66. The van der Waals surface area contributed by atoms with Gasteiger partial charge in [-0.3, -0.25) is 9.59 Å². The molecule has 1 aliphatic rings. The number of amides is 1. The number of carbonyl (C=O) groups is 2. The topological polar surface area (TPSA) is 92.2 Å². The number of nitrogens with zero attached hydrogens (tertiary/aromatic N) is 2. The zero-order chi connectivity index (χ0) is 12.3. The van der Waals surface area contributed by atoms with Crippen LogP contribution >= 0.6 is 11.7 Å². The van der Waals surface area contributed by atoms with Crippen molar-refractivity contribution in [3.63, 3.8) is 0 Å². The quantitative estimate of drug-likeness (QED) is 0.837. The average Bonchev–Trinajstić information content (AvgIpc) is 2.83. The second-order valence-electron chi connectivity index (χ2n) is 4.10. The molecule has 2 rings (SSSR count). The van der Waals surface area contributed by atoms with E-state index in [4.69, 9.17) is 5.11 Å². The van der Waals surface area contributed by atoms with Gasteiger partial charge in [0.2, 0.25) is 0 Å². The van der Waals surface area contributed by atoms with E-state index in [0.717, 1.165) is 24.6 Å². The summed E-state index contributed by atoms with van der Waals surface area (Å²) in [4.78, 5) is 22.8. The highest BCUT2D eigenvalue weighted by molar-refractivity contribution is 6.99. The van der Waals surface area contributed by atoms with E-state index in [9.17, 15) is 9.59 Å². The van der Waals surface area contributed by atoms with Crippen LogP contribution in [0.3, 0.4) is 0 Å². The Labute approximate surface area is 102 Å². The third kappa shape index (κ3) is 2.79. The van der Waals surface area contributed by atoms with Crippen LogP contribution in [0.4, 0.5) is 0 Å². The van der Waals surface area contributed by atoms with Crippen LogP contribution in [0.2, 0.25) is 0 Å². The zero-order valence-corrected chi connectivity index (χ0v) is 9.94. The van der Waals surface area contributed by atoms with Crippen LogP contribution in [0.1, 0.15) is 36.2 Å². The molecule has 6 nitrogen and oxygen atoms in total. The molecular weight excluding hydrogens is 242 g/mol. The lowest BCUT2D eigenvalue weighted by atomic mass is 9.84. The number of hydrogen-bond acceptors (Lipinski definition) is 5. The summed E-state index contributed by atoms with van der Waals surface area (Å²) < 4.78 is 7.57. The number of aromatic nitrogens is 2. The summed E-state index contributed by atoms with van der Waals surface area (Å²) in [6.07, 6.45) is 4.57. The maximum Gasteiger partial charge on any atom is 0.308 e. The molecule has 1 aromatic rings. The van der Waals surface area contributed by atoms with Gasteiger partial charge in [-0.05, 0) is 12.8 Å². The molecule has 0 aromatic carbocycles. The largest absolute Gasteiger partial charge is 0.481 e. The molecule has 0 aliphatic heterocycles. The van der Waals surface area contributed by atoms with Crippen LogP contribution in [-0.4, -0.2) is 31.8 Å². The molecule has 17 heavy (non-hydrogen) atoms. The predicted molar refractivity (Wildman–Crippen MR) is 60.8 cm³/mol. The third-order valence-electron chi connectivity index (χ3n) is 2.99. The van der Waals surface area contributed by atoms with E-state index in [1.54, 1.807) is 0 Å². The van der Waals surface area contributed by atoms with Gasteiger partial charge in [0.25, 0.3) is 5.91 Å². The second kappa shape index (κ2) is 5.22. The summed E-state index contributed by atoms with van der Waals surface area (Å²) in [6, 6.07) is -0.296. The Morgan fingerprint density at radius 1 is 1.41 bits per heavy atom. The van der Waals surface area contributed by atoms with Gasteiger partial charge in [-0.15, -0.1) is 0 Å². The van der Waals surface area contributed by atoms with Crippen molar-refractivity contribution in [1.82, 2.24) is 14.1 Å². The fraction of sp³-hybridized carbons (Fsp3) is 0.600. The maximum absolute atomic E-state index is 11.7. The Kier molecular flexibility index (Phi) is 3.68. The highest BCUT2D eigenvalue weighted by Crippen LogP contribution is 2.24. The molecule has 1 aromatic heterocycles. The van der Waals surface area contributed by atoms with Gasteiger partial charge in [-0.2, -0.15) is 8.75 Å². The van der Waals surface area contributed by atoms with Crippen LogP contribution in [0.15, 0.2) is 6.20 Å². The minimum absolute atomic E-state index is 0.254. The van der Waals surface area contributed by atoms with Crippen LogP contribution in [0.5, 0.6) is 0 Å². The van der Waals surface area contributed by atoms with Gasteiger partial charge in [0, 0.05) is 6.04 Å². The third-order valence-corrected chi connectivity index (χ3v) is 3.47. The smallest absolute Gasteiger partial charge is 0.308 e. The Balaban J connectivity index is 2.01. The first-order valence-corrected chi connectivity index (χ1v) is 6.22. The molecule has 7 heteroatoms. The van der Waals surface area contributed by atoms with Gasteiger partial charge in [0.1, 0.15) is 0 Å². The molecule has 1 amide bonds. The summed E-state index contributed by atoms with van der Waals surface area (Å²) in [6.45, 7) is 0. The molecule has 1 aliphatic carbocycles. The van der Waals surface area contributed by atoms with Gasteiger partial charge in [-0.25, -0.2) is 0 Å². The van der Waals surface area contributed by atoms with Crippen molar-refractivity contribution in [3.05, 3.63) is 11.9 Å². The summed E-state index contributed by atoms with van der Waals surface area (Å²) in [5.41, 5.74) is 0.254. The molecule has 0 saturated heterocycles. The van der Waals surface area contributed by atoms with Crippen molar-refractivity contribution in [3.8, 4) is 0 Å². The van der Waals surface area contributed by atoms with Gasteiger partial charge < -0.3 is 10.4 Å². The lowest BCUT2D eigenvalue weighted by Crippen LogP contribution is -2.45. The average molecular weight is 255 g/mol. The minimum atomic E-state index is -0.841. The maximum atomic E-state index is 11.7. The first-order chi connectivity index (χ1) is 8.18. The summed E-state index contributed by atoms with van der Waals surface area (Å²) in [7, 11) is 0. The van der Waals surface area contributed by atoms with Crippen molar-refractivity contribution < 1.29 is 14.7 Å². The fourth-order valence-corrected chi connectivity index (χ4v) is 2.52. The molecule has 2 atom stereocenters. The molecule has 0 spiro atoms. The van der Waals surface area contributed by atoms with Crippen LogP contribution in [-0.2, 0) is 4.79 Å². The first-order valence-electron chi connectivity index (χ1n) is 5.49. The van der Waals surface area contributed by atoms with Crippen molar-refractivity contribution in [2.24, 2.45) is 5.92 Å². The summed E-state index contributed by atoms with van der Waals surface area (Å²) in [5.74, 6) is -1.66. The van der Waals surface area contributed by atoms with Gasteiger partial charge in [0.05, 0.1) is 23.8 Å². The molecular formula is C10H13N3O3S. The van der Waals surface area contributed by atoms with Crippen molar-refractivity contribution in [1.29, 1.82) is 0 Å². The molecule has 1 heterocycles. The van der Waals surface area contributed by atoms with E-state index in [2.05, 4.69) is 14.1 Å². The summed E-state index contributed by atoms with van der Waals surface area (Å²) >= 11 is 0.960. The van der Waals surface area contributed by atoms with Crippen LogP contribution in [0.25, 0.3) is 0 Å². The SMILES string of the molecule is O=C(NC1CCCCC1C(=O)O)c1cnsn1. The Morgan fingerprint density at radius 2 is 2.18 bits per heavy atom. The fourth-order valence-electron chi connectivity index (χ4n) is 2.11. The summed E-state index contributed by atoms with van der Waals surface area (Å²) in [5, 5.41) is 11.8. The molecule has 0 radical (unpaired) electrons. The van der Waals surface area contributed by atoms with E-state index in [0.29, 0.717) is 12.8 Å². The molecule has 1 fully saturated rings. The van der Waals surface area contributed by atoms with Gasteiger partial charge in [-0.1, -0.05) is 12.8 Å². The molecule has 2 unspecified atom stereocenters. The highest BCUT2D eigenvalue weighted by atomic mass is 32.1. The number of carbonyl (C=O) groups excluding carboxylic acids is 1. The number of carboxylic acids is 1. The van der Waals surface area contributed by atoms with Gasteiger partial charge >= 0.3 is 5.97 Å². The lowest BCUT2D eigenvalue weighted by Gasteiger charge is -2.28. The van der Waals surface area contributed by atoms with E-state index in [1.807, 2.05) is 0 Å². The van der Waals surface area contributed by atoms with E-state index in [-0.39, 0.29) is 17.6 Å². The zero-order valence-electron chi connectivity index (χ0n) is 9.13. The molecule has 92 valence electrons. The Hall–Kier alpha value is -1.50. The minimum Gasteiger partial charge on any atom is -0.481 e. The number of rotatable bonds is 3. The molecule has 1 saturated carbocycles. The normalized spacial score (nSPS) is 24.2. The highest BCUT2D eigenvalue weighted by Gasteiger charge is 2.32.